The molecule has 20 heavy (non-hydrogen) atoms. The molecule has 4 N–H and O–H groups in total. The summed E-state index contributed by atoms with van der Waals surface area (Å²) in [5.74, 6) is 0.112. The first kappa shape index (κ1) is 14.7. The number of amidine groups is 1. The number of benzene rings is 1. The van der Waals surface area contributed by atoms with E-state index in [9.17, 15) is 0 Å². The molecule has 4 nitrogen and oxygen atoms in total. The summed E-state index contributed by atoms with van der Waals surface area (Å²) in [6.07, 6.45) is 2.02. The number of thiophene rings is 1. The predicted octanol–water partition coefficient (Wildman–Crippen LogP) is 3.56. The van der Waals surface area contributed by atoms with E-state index in [4.69, 9.17) is 11.1 Å². The Morgan fingerprint density at radius 1 is 1.30 bits per heavy atom. The summed E-state index contributed by atoms with van der Waals surface area (Å²) in [5.41, 5.74) is 8.74. The van der Waals surface area contributed by atoms with E-state index in [1.807, 2.05) is 38.6 Å². The van der Waals surface area contributed by atoms with E-state index >= 15 is 0 Å². The highest BCUT2D eigenvalue weighted by Crippen LogP contribution is 2.36. The fraction of sp³-hybridized carbons (Fsp3) is 0.214. The fourth-order valence-electron chi connectivity index (χ4n) is 1.74. The van der Waals surface area contributed by atoms with E-state index in [1.54, 1.807) is 11.8 Å². The Morgan fingerprint density at radius 3 is 2.45 bits per heavy atom. The lowest BCUT2D eigenvalue weighted by Gasteiger charge is -2.13. The van der Waals surface area contributed by atoms with E-state index < -0.39 is 0 Å². The molecule has 1 aromatic heterocycles. The van der Waals surface area contributed by atoms with Crippen molar-refractivity contribution in [2.75, 3.05) is 30.6 Å². The van der Waals surface area contributed by atoms with Gasteiger partial charge in [0.05, 0.1) is 14.8 Å². The smallest absolute Gasteiger partial charge is 0.133 e. The SMILES string of the molecule is CSc1sc(C(=N)N)cc1Nc1ccc(N(C)C)cc1. The Morgan fingerprint density at radius 2 is 1.95 bits per heavy atom. The number of anilines is 3. The van der Waals surface area contributed by atoms with Crippen LogP contribution < -0.4 is 16.0 Å². The minimum atomic E-state index is 0.112. The van der Waals surface area contributed by atoms with E-state index in [2.05, 4.69) is 22.3 Å². The molecule has 0 aliphatic rings. The third kappa shape index (κ3) is 3.26. The molecule has 0 radical (unpaired) electrons. The Balaban J connectivity index is 2.22. The second-order valence-corrected chi connectivity index (χ2v) is 6.62. The minimum absolute atomic E-state index is 0.112. The zero-order chi connectivity index (χ0) is 14.7. The highest BCUT2D eigenvalue weighted by atomic mass is 32.2. The third-order valence-corrected chi connectivity index (χ3v) is 5.12. The van der Waals surface area contributed by atoms with Crippen LogP contribution in [0.2, 0.25) is 0 Å². The Labute approximate surface area is 127 Å². The van der Waals surface area contributed by atoms with Gasteiger partial charge >= 0.3 is 0 Å². The molecule has 0 fully saturated rings. The standard InChI is InChI=1S/C14H18N4S2/c1-18(2)10-6-4-9(5-7-10)17-11-8-12(13(15)16)20-14(11)19-3/h4-8,17H,1-3H3,(H3,15,16). The molecule has 0 saturated carbocycles. The van der Waals surface area contributed by atoms with Crippen molar-refractivity contribution in [3.8, 4) is 0 Å². The van der Waals surface area contributed by atoms with Crippen LogP contribution in [0.4, 0.5) is 17.1 Å². The molecule has 6 heteroatoms. The van der Waals surface area contributed by atoms with Crippen molar-refractivity contribution in [3.63, 3.8) is 0 Å². The van der Waals surface area contributed by atoms with E-state index in [-0.39, 0.29) is 5.84 Å². The van der Waals surface area contributed by atoms with Crippen molar-refractivity contribution in [3.05, 3.63) is 35.2 Å². The number of hydrogen-bond acceptors (Lipinski definition) is 5. The number of nitrogens with two attached hydrogens (primary N) is 1. The van der Waals surface area contributed by atoms with Crippen molar-refractivity contribution in [1.29, 1.82) is 5.41 Å². The van der Waals surface area contributed by atoms with Gasteiger partial charge in [0.1, 0.15) is 5.84 Å². The largest absolute Gasteiger partial charge is 0.383 e. The number of thioether (sulfide) groups is 1. The van der Waals surface area contributed by atoms with E-state index in [0.29, 0.717) is 0 Å². The molecule has 1 aromatic carbocycles. The van der Waals surface area contributed by atoms with Gasteiger partial charge in [0.15, 0.2) is 0 Å². The van der Waals surface area contributed by atoms with Gasteiger partial charge in [-0.25, -0.2) is 0 Å². The zero-order valence-electron chi connectivity index (χ0n) is 11.7. The topological polar surface area (TPSA) is 65.1 Å². The van der Waals surface area contributed by atoms with Crippen molar-refractivity contribution in [2.45, 2.75) is 4.21 Å². The van der Waals surface area contributed by atoms with Crippen LogP contribution in [-0.4, -0.2) is 26.2 Å². The zero-order valence-corrected chi connectivity index (χ0v) is 13.4. The maximum absolute atomic E-state index is 7.52. The first-order valence-electron chi connectivity index (χ1n) is 6.08. The van der Waals surface area contributed by atoms with Gasteiger partial charge in [-0.05, 0) is 36.6 Å². The van der Waals surface area contributed by atoms with Crippen molar-refractivity contribution in [1.82, 2.24) is 0 Å². The number of nitrogen functional groups attached to an aromatic ring is 1. The maximum Gasteiger partial charge on any atom is 0.133 e. The summed E-state index contributed by atoms with van der Waals surface area (Å²) < 4.78 is 1.13. The van der Waals surface area contributed by atoms with Gasteiger partial charge in [0, 0.05) is 25.5 Å². The molecule has 0 aliphatic carbocycles. The molecular weight excluding hydrogens is 288 g/mol. The van der Waals surface area contributed by atoms with Crippen LogP contribution in [0.5, 0.6) is 0 Å². The van der Waals surface area contributed by atoms with Gasteiger partial charge in [0.25, 0.3) is 0 Å². The molecule has 1 heterocycles. The van der Waals surface area contributed by atoms with Crippen molar-refractivity contribution in [2.24, 2.45) is 5.73 Å². The van der Waals surface area contributed by atoms with Crippen LogP contribution in [0.1, 0.15) is 4.88 Å². The fourth-order valence-corrected chi connectivity index (χ4v) is 3.38. The summed E-state index contributed by atoms with van der Waals surface area (Å²) in [7, 11) is 4.04. The predicted molar refractivity (Wildman–Crippen MR) is 91.2 cm³/mol. The van der Waals surface area contributed by atoms with Gasteiger partial charge in [-0.1, -0.05) is 0 Å². The Hall–Kier alpha value is -1.66. The van der Waals surface area contributed by atoms with Crippen LogP contribution >= 0.6 is 23.1 Å². The van der Waals surface area contributed by atoms with E-state index in [0.717, 1.165) is 26.1 Å². The summed E-state index contributed by atoms with van der Waals surface area (Å²) in [5, 5.41) is 10.9. The van der Waals surface area contributed by atoms with Gasteiger partial charge in [-0.2, -0.15) is 0 Å². The minimum Gasteiger partial charge on any atom is -0.383 e. The maximum atomic E-state index is 7.52. The number of nitrogens with one attached hydrogen (secondary N) is 2. The van der Waals surface area contributed by atoms with Crippen molar-refractivity contribution < 1.29 is 0 Å². The quantitative estimate of drug-likeness (QED) is 0.449. The lowest BCUT2D eigenvalue weighted by Crippen LogP contribution is -2.08. The average Bonchev–Trinajstić information content (AvgIpc) is 2.82. The molecule has 106 valence electrons. The van der Waals surface area contributed by atoms with Crippen LogP contribution in [0.15, 0.2) is 34.5 Å². The molecule has 0 atom stereocenters. The molecule has 2 rings (SSSR count). The number of hydrogen-bond donors (Lipinski definition) is 3. The molecule has 2 aromatic rings. The van der Waals surface area contributed by atoms with Crippen LogP contribution in [0.3, 0.4) is 0 Å². The first-order chi connectivity index (χ1) is 9.51. The highest BCUT2D eigenvalue weighted by molar-refractivity contribution is 8.00. The van der Waals surface area contributed by atoms with Gasteiger partial charge < -0.3 is 16.0 Å². The van der Waals surface area contributed by atoms with Gasteiger partial charge in [-0.3, -0.25) is 5.41 Å². The summed E-state index contributed by atoms with van der Waals surface area (Å²) in [6.45, 7) is 0. The highest BCUT2D eigenvalue weighted by Gasteiger charge is 2.10. The second kappa shape index (κ2) is 6.19. The van der Waals surface area contributed by atoms with E-state index in [1.165, 1.54) is 11.3 Å². The molecule has 0 amide bonds. The van der Waals surface area contributed by atoms with Gasteiger partial charge in [0.2, 0.25) is 0 Å². The molecule has 0 aliphatic heterocycles. The monoisotopic (exact) mass is 306 g/mol. The lowest BCUT2D eigenvalue weighted by molar-refractivity contribution is 1.13. The Kier molecular flexibility index (Phi) is 4.57. The van der Waals surface area contributed by atoms with Gasteiger partial charge in [-0.15, -0.1) is 23.1 Å². The first-order valence-corrected chi connectivity index (χ1v) is 8.12. The summed E-state index contributed by atoms with van der Waals surface area (Å²) in [4.78, 5) is 2.86. The van der Waals surface area contributed by atoms with Crippen LogP contribution in [-0.2, 0) is 0 Å². The van der Waals surface area contributed by atoms with Crippen LogP contribution in [0.25, 0.3) is 0 Å². The second-order valence-electron chi connectivity index (χ2n) is 4.50. The van der Waals surface area contributed by atoms with Crippen LogP contribution in [0, 0.1) is 5.41 Å². The van der Waals surface area contributed by atoms with Crippen molar-refractivity contribution >= 4 is 46.0 Å². The molecule has 0 unspecified atom stereocenters. The summed E-state index contributed by atoms with van der Waals surface area (Å²) in [6, 6.07) is 10.2. The lowest BCUT2D eigenvalue weighted by atomic mass is 10.2. The normalized spacial score (nSPS) is 10.3. The molecule has 0 bridgehead atoms. The third-order valence-electron chi connectivity index (χ3n) is 2.81. The number of rotatable bonds is 5. The average molecular weight is 306 g/mol. The number of nitrogens with zero attached hydrogens (tertiary/aromatic N) is 1. The Bertz CT molecular complexity index is 602. The molecular formula is C14H18N4S2. The molecule has 0 saturated heterocycles. The summed E-state index contributed by atoms with van der Waals surface area (Å²) >= 11 is 3.19. The molecule has 0 spiro atoms.